The summed E-state index contributed by atoms with van der Waals surface area (Å²) < 4.78 is 39.2. The molecule has 6 heteroatoms. The summed E-state index contributed by atoms with van der Waals surface area (Å²) >= 11 is 0. The second-order valence-electron chi connectivity index (χ2n) is 6.36. The van der Waals surface area contributed by atoms with Gasteiger partial charge >= 0.3 is 6.18 Å². The fourth-order valence-electron chi connectivity index (χ4n) is 3.24. The number of hydrogen-bond acceptors (Lipinski definition) is 1. The molecule has 1 unspecified atom stereocenters. The molecule has 0 bridgehead atoms. The molecule has 0 aliphatic carbocycles. The Balaban J connectivity index is 1.72. The van der Waals surface area contributed by atoms with Crippen LogP contribution in [-0.2, 0) is 23.9 Å². The zero-order valence-electron chi connectivity index (χ0n) is 13.9. The number of alkyl halides is 3. The number of para-hydroxylation sites is 1. The summed E-state index contributed by atoms with van der Waals surface area (Å²) in [6.45, 7) is 3.24. The van der Waals surface area contributed by atoms with Gasteiger partial charge in [0.25, 0.3) is 5.91 Å². The largest absolute Gasteiger partial charge is 0.418 e. The number of quaternary nitrogens is 1. The Morgan fingerprint density at radius 2 is 1.72 bits per heavy atom. The minimum Gasteiger partial charge on any atom is -0.321 e. The van der Waals surface area contributed by atoms with Gasteiger partial charge in [0.2, 0.25) is 0 Å². The van der Waals surface area contributed by atoms with E-state index in [4.69, 9.17) is 0 Å². The van der Waals surface area contributed by atoms with E-state index in [1.807, 2.05) is 18.2 Å². The standard InChI is InChI=1S/C19H19F3N2O/c1-13(24-11-10-14-6-2-3-7-15(14)12-24)18(25)23-17-9-5-4-8-16(17)19(20,21)22/h2-9,13H,10-12H2,1H3,(H,23,25)/p+1/t13-/m1/s1. The minimum absolute atomic E-state index is 0.191. The van der Waals surface area contributed by atoms with Crippen molar-refractivity contribution in [2.24, 2.45) is 0 Å². The number of carbonyl (C=O) groups excluding carboxylic acids is 1. The summed E-state index contributed by atoms with van der Waals surface area (Å²) in [6.07, 6.45) is -3.63. The normalized spacial score (nSPS) is 18.3. The van der Waals surface area contributed by atoms with Crippen LogP contribution in [0.3, 0.4) is 0 Å². The van der Waals surface area contributed by atoms with Gasteiger partial charge in [-0.05, 0) is 24.6 Å². The Morgan fingerprint density at radius 3 is 2.44 bits per heavy atom. The number of carbonyl (C=O) groups is 1. The van der Waals surface area contributed by atoms with Crippen LogP contribution in [0.4, 0.5) is 18.9 Å². The summed E-state index contributed by atoms with van der Waals surface area (Å²) in [5.74, 6) is -0.397. The summed E-state index contributed by atoms with van der Waals surface area (Å²) in [5.41, 5.74) is 1.46. The summed E-state index contributed by atoms with van der Waals surface area (Å²) in [4.78, 5) is 13.6. The maximum Gasteiger partial charge on any atom is 0.418 e. The average molecular weight is 349 g/mol. The van der Waals surface area contributed by atoms with Crippen LogP contribution in [0.5, 0.6) is 0 Å². The van der Waals surface area contributed by atoms with Gasteiger partial charge in [0.05, 0.1) is 17.8 Å². The highest BCUT2D eigenvalue weighted by Crippen LogP contribution is 2.34. The van der Waals surface area contributed by atoms with Gasteiger partial charge in [0.1, 0.15) is 6.54 Å². The summed E-state index contributed by atoms with van der Waals surface area (Å²) in [5, 5.41) is 2.46. The molecule has 3 nitrogen and oxygen atoms in total. The molecule has 2 aromatic carbocycles. The maximum absolute atomic E-state index is 13.1. The molecule has 1 aliphatic heterocycles. The molecule has 0 aromatic heterocycles. The molecule has 1 heterocycles. The second kappa shape index (κ2) is 6.88. The minimum atomic E-state index is -4.50. The van der Waals surface area contributed by atoms with Gasteiger partial charge in [-0.2, -0.15) is 13.2 Å². The first-order valence-corrected chi connectivity index (χ1v) is 8.24. The Morgan fingerprint density at radius 1 is 1.08 bits per heavy atom. The van der Waals surface area contributed by atoms with E-state index in [2.05, 4.69) is 11.4 Å². The molecule has 0 spiro atoms. The van der Waals surface area contributed by atoms with Crippen LogP contribution in [0.15, 0.2) is 48.5 Å². The van der Waals surface area contributed by atoms with E-state index in [0.717, 1.165) is 23.9 Å². The number of anilines is 1. The van der Waals surface area contributed by atoms with Crippen molar-refractivity contribution >= 4 is 11.6 Å². The fourth-order valence-corrected chi connectivity index (χ4v) is 3.24. The van der Waals surface area contributed by atoms with Crippen LogP contribution in [0, 0.1) is 0 Å². The zero-order chi connectivity index (χ0) is 18.0. The third kappa shape index (κ3) is 3.85. The molecule has 0 fully saturated rings. The number of fused-ring (bicyclic) bond motifs is 1. The molecule has 25 heavy (non-hydrogen) atoms. The number of nitrogens with one attached hydrogen (secondary N) is 2. The van der Waals surface area contributed by atoms with Crippen LogP contribution < -0.4 is 10.2 Å². The first-order chi connectivity index (χ1) is 11.9. The molecule has 2 aromatic rings. The van der Waals surface area contributed by atoms with Gasteiger partial charge in [-0.3, -0.25) is 4.79 Å². The Kier molecular flexibility index (Phi) is 4.81. The highest BCUT2D eigenvalue weighted by atomic mass is 19.4. The molecule has 1 aliphatic rings. The zero-order valence-corrected chi connectivity index (χ0v) is 13.9. The highest BCUT2D eigenvalue weighted by Gasteiger charge is 2.35. The molecule has 2 N–H and O–H groups in total. The van der Waals surface area contributed by atoms with Crippen molar-refractivity contribution in [3.05, 3.63) is 65.2 Å². The van der Waals surface area contributed by atoms with Crippen molar-refractivity contribution in [1.82, 2.24) is 0 Å². The van der Waals surface area contributed by atoms with Crippen LogP contribution >= 0.6 is 0 Å². The lowest BCUT2D eigenvalue weighted by Crippen LogP contribution is -3.16. The van der Waals surface area contributed by atoms with Crippen molar-refractivity contribution in [2.45, 2.75) is 32.1 Å². The van der Waals surface area contributed by atoms with Crippen molar-refractivity contribution in [3.63, 3.8) is 0 Å². The van der Waals surface area contributed by atoms with E-state index >= 15 is 0 Å². The van der Waals surface area contributed by atoms with Gasteiger partial charge in [-0.15, -0.1) is 0 Å². The van der Waals surface area contributed by atoms with E-state index in [1.54, 1.807) is 6.92 Å². The van der Waals surface area contributed by atoms with Crippen molar-refractivity contribution in [2.75, 3.05) is 11.9 Å². The average Bonchev–Trinajstić information content (AvgIpc) is 2.60. The van der Waals surface area contributed by atoms with E-state index < -0.39 is 23.7 Å². The van der Waals surface area contributed by atoms with Crippen LogP contribution in [0.2, 0.25) is 0 Å². The van der Waals surface area contributed by atoms with Crippen molar-refractivity contribution in [1.29, 1.82) is 0 Å². The fraction of sp³-hybridized carbons (Fsp3) is 0.316. The Labute approximate surface area is 144 Å². The van der Waals surface area contributed by atoms with Crippen molar-refractivity contribution in [3.8, 4) is 0 Å². The number of halogens is 3. The molecule has 1 amide bonds. The number of benzene rings is 2. The quantitative estimate of drug-likeness (QED) is 0.878. The SMILES string of the molecule is C[C@H](C(=O)Nc1ccccc1C(F)(F)F)[NH+]1CCc2ccccc2C1. The van der Waals surface area contributed by atoms with Gasteiger partial charge in [0, 0.05) is 12.0 Å². The van der Waals surface area contributed by atoms with E-state index in [1.165, 1.54) is 29.3 Å². The monoisotopic (exact) mass is 349 g/mol. The van der Waals surface area contributed by atoms with Gasteiger partial charge in [-0.25, -0.2) is 0 Å². The molecule has 0 saturated heterocycles. The predicted molar refractivity (Wildman–Crippen MR) is 89.2 cm³/mol. The molecule has 0 radical (unpaired) electrons. The number of amides is 1. The number of hydrogen-bond donors (Lipinski definition) is 2. The van der Waals surface area contributed by atoms with Crippen LogP contribution in [0.25, 0.3) is 0 Å². The van der Waals surface area contributed by atoms with Crippen molar-refractivity contribution < 1.29 is 22.9 Å². The molecule has 3 rings (SSSR count). The third-order valence-corrected chi connectivity index (χ3v) is 4.75. The van der Waals surface area contributed by atoms with Gasteiger partial charge < -0.3 is 10.2 Å². The number of rotatable bonds is 3. The van der Waals surface area contributed by atoms with E-state index in [9.17, 15) is 18.0 Å². The second-order valence-corrected chi connectivity index (χ2v) is 6.36. The molecule has 132 valence electrons. The van der Waals surface area contributed by atoms with Crippen LogP contribution in [-0.4, -0.2) is 18.5 Å². The summed E-state index contributed by atoms with van der Waals surface area (Å²) in [6, 6.07) is 12.7. The van der Waals surface area contributed by atoms with E-state index in [-0.39, 0.29) is 5.69 Å². The highest BCUT2D eigenvalue weighted by molar-refractivity contribution is 5.94. The van der Waals surface area contributed by atoms with E-state index in [0.29, 0.717) is 6.54 Å². The van der Waals surface area contributed by atoms with Gasteiger partial charge in [-0.1, -0.05) is 36.4 Å². The lowest BCUT2D eigenvalue weighted by atomic mass is 9.98. The topological polar surface area (TPSA) is 33.5 Å². The molecule has 0 saturated carbocycles. The Bertz CT molecular complexity index is 773. The lowest BCUT2D eigenvalue weighted by Gasteiger charge is -2.30. The molecule has 2 atom stereocenters. The summed E-state index contributed by atoms with van der Waals surface area (Å²) in [7, 11) is 0. The van der Waals surface area contributed by atoms with Gasteiger partial charge in [0.15, 0.2) is 6.04 Å². The predicted octanol–water partition coefficient (Wildman–Crippen LogP) is 2.67. The smallest absolute Gasteiger partial charge is 0.321 e. The maximum atomic E-state index is 13.1. The van der Waals surface area contributed by atoms with Crippen LogP contribution in [0.1, 0.15) is 23.6 Å². The Hall–Kier alpha value is -2.34. The lowest BCUT2D eigenvalue weighted by molar-refractivity contribution is -0.929. The first-order valence-electron chi connectivity index (χ1n) is 8.24. The molecular formula is C19H20F3N2O+. The molecular weight excluding hydrogens is 329 g/mol. The first kappa shape index (κ1) is 17.5. The third-order valence-electron chi connectivity index (χ3n) is 4.75.